The molecule has 1 aliphatic heterocycles. The Morgan fingerprint density at radius 3 is 2.42 bits per heavy atom. The number of nitrogens with zero attached hydrogens (tertiary/aromatic N) is 2. The van der Waals surface area contributed by atoms with Crippen molar-refractivity contribution in [1.82, 2.24) is 4.90 Å². The molecule has 0 aromatic heterocycles. The Morgan fingerprint density at radius 2 is 1.89 bits per heavy atom. The zero-order chi connectivity index (χ0) is 14.2. The van der Waals surface area contributed by atoms with E-state index >= 15 is 0 Å². The van der Waals surface area contributed by atoms with Crippen molar-refractivity contribution in [3.05, 3.63) is 28.0 Å². The maximum Gasteiger partial charge on any atom is 0.160 e. The highest BCUT2D eigenvalue weighted by molar-refractivity contribution is 9.10. The summed E-state index contributed by atoms with van der Waals surface area (Å²) in [6.07, 6.45) is 0. The van der Waals surface area contributed by atoms with Crippen LogP contribution in [0.1, 0.15) is 19.4 Å². The predicted octanol–water partition coefficient (Wildman–Crippen LogP) is 2.58. The molecule has 1 aromatic rings. The zero-order valence-corrected chi connectivity index (χ0v) is 13.2. The van der Waals surface area contributed by atoms with E-state index in [4.69, 9.17) is 5.73 Å². The summed E-state index contributed by atoms with van der Waals surface area (Å²) >= 11 is 3.31. The molecular weight excluding hydrogens is 309 g/mol. The van der Waals surface area contributed by atoms with Gasteiger partial charge in [0.15, 0.2) is 5.82 Å². The Bertz CT molecular complexity index is 454. The average Bonchev–Trinajstić information content (AvgIpc) is 2.38. The second kappa shape index (κ2) is 5.77. The molecule has 0 spiro atoms. The molecule has 1 saturated heterocycles. The Kier molecular flexibility index (Phi) is 4.48. The fourth-order valence-electron chi connectivity index (χ4n) is 2.58. The summed E-state index contributed by atoms with van der Waals surface area (Å²) < 4.78 is 14.9. The van der Waals surface area contributed by atoms with E-state index in [1.54, 1.807) is 0 Å². The van der Waals surface area contributed by atoms with E-state index in [9.17, 15) is 4.39 Å². The van der Waals surface area contributed by atoms with Crippen LogP contribution in [0.25, 0.3) is 0 Å². The second-order valence-corrected chi connectivity index (χ2v) is 6.14. The lowest BCUT2D eigenvalue weighted by molar-refractivity contribution is 0.169. The maximum absolute atomic E-state index is 14.4. The molecule has 106 valence electrons. The highest BCUT2D eigenvalue weighted by atomic mass is 79.9. The Labute approximate surface area is 122 Å². The van der Waals surface area contributed by atoms with Gasteiger partial charge in [-0.25, -0.2) is 4.39 Å². The average molecular weight is 330 g/mol. The van der Waals surface area contributed by atoms with Gasteiger partial charge in [0.1, 0.15) is 0 Å². The lowest BCUT2D eigenvalue weighted by atomic mass is 10.1. The molecular formula is C14H21BrFN3. The van der Waals surface area contributed by atoms with Crippen molar-refractivity contribution in [3.8, 4) is 0 Å². The number of anilines is 1. The minimum atomic E-state index is -0.202. The fraction of sp³-hybridized carbons (Fsp3) is 0.571. The number of nitrogens with two attached hydrogens (primary N) is 1. The zero-order valence-electron chi connectivity index (χ0n) is 11.7. The SMILES string of the molecule is CC1CN(c2ccc(CN)c(Br)c2F)CC(C)N1C. The van der Waals surface area contributed by atoms with Crippen molar-refractivity contribution in [3.63, 3.8) is 0 Å². The summed E-state index contributed by atoms with van der Waals surface area (Å²) in [4.78, 5) is 4.45. The number of benzene rings is 1. The van der Waals surface area contributed by atoms with Gasteiger partial charge >= 0.3 is 0 Å². The number of rotatable bonds is 2. The van der Waals surface area contributed by atoms with Crippen molar-refractivity contribution in [2.45, 2.75) is 32.5 Å². The Balaban J connectivity index is 2.30. The molecule has 2 unspecified atom stereocenters. The van der Waals surface area contributed by atoms with Crippen molar-refractivity contribution < 1.29 is 4.39 Å². The van der Waals surface area contributed by atoms with Gasteiger partial charge < -0.3 is 10.6 Å². The van der Waals surface area contributed by atoms with Crippen LogP contribution in [-0.2, 0) is 6.54 Å². The van der Waals surface area contributed by atoms with Crippen LogP contribution in [0, 0.1) is 5.82 Å². The largest absolute Gasteiger partial charge is 0.366 e. The van der Waals surface area contributed by atoms with E-state index in [1.807, 2.05) is 12.1 Å². The summed E-state index contributed by atoms with van der Waals surface area (Å²) in [5.41, 5.74) is 7.06. The normalized spacial score (nSPS) is 24.8. The van der Waals surface area contributed by atoms with Crippen LogP contribution in [0.5, 0.6) is 0 Å². The number of halogens is 2. The van der Waals surface area contributed by atoms with Crippen molar-refractivity contribution in [2.24, 2.45) is 5.73 Å². The van der Waals surface area contributed by atoms with E-state index in [2.05, 4.69) is 46.6 Å². The second-order valence-electron chi connectivity index (χ2n) is 5.34. The molecule has 1 heterocycles. The first-order valence-corrected chi connectivity index (χ1v) is 7.38. The fourth-order valence-corrected chi connectivity index (χ4v) is 3.08. The highest BCUT2D eigenvalue weighted by Crippen LogP contribution is 2.31. The van der Waals surface area contributed by atoms with E-state index in [0.29, 0.717) is 28.8 Å². The monoisotopic (exact) mass is 329 g/mol. The summed E-state index contributed by atoms with van der Waals surface area (Å²) in [7, 11) is 2.12. The van der Waals surface area contributed by atoms with E-state index in [0.717, 1.165) is 18.7 Å². The Hall–Kier alpha value is -0.650. The van der Waals surface area contributed by atoms with Gasteiger partial charge in [0.2, 0.25) is 0 Å². The summed E-state index contributed by atoms with van der Waals surface area (Å²) in [5, 5.41) is 0. The Morgan fingerprint density at radius 1 is 1.32 bits per heavy atom. The smallest absolute Gasteiger partial charge is 0.160 e. The van der Waals surface area contributed by atoms with Crippen LogP contribution in [0.15, 0.2) is 16.6 Å². The summed E-state index contributed by atoms with van der Waals surface area (Å²) in [6.45, 7) is 6.36. The maximum atomic E-state index is 14.4. The molecule has 1 aromatic carbocycles. The lowest BCUT2D eigenvalue weighted by Gasteiger charge is -2.43. The number of hydrogen-bond acceptors (Lipinski definition) is 3. The van der Waals surface area contributed by atoms with Crippen LogP contribution in [0.2, 0.25) is 0 Å². The lowest BCUT2D eigenvalue weighted by Crippen LogP contribution is -2.55. The van der Waals surface area contributed by atoms with Gasteiger partial charge in [-0.3, -0.25) is 4.90 Å². The molecule has 0 radical (unpaired) electrons. The van der Waals surface area contributed by atoms with Gasteiger partial charge in [-0.15, -0.1) is 0 Å². The highest BCUT2D eigenvalue weighted by Gasteiger charge is 2.28. The van der Waals surface area contributed by atoms with Crippen LogP contribution in [-0.4, -0.2) is 37.1 Å². The standard InChI is InChI=1S/C14H21BrFN3/c1-9-7-19(8-10(2)18(9)3)12-5-4-11(6-17)13(15)14(12)16/h4-5,9-10H,6-8,17H2,1-3H3. The number of likely N-dealkylation sites (N-methyl/N-ethyl adjacent to an activating group) is 1. The van der Waals surface area contributed by atoms with Crippen LogP contribution in [0.3, 0.4) is 0 Å². The molecule has 0 aliphatic carbocycles. The number of hydrogen-bond donors (Lipinski definition) is 1. The predicted molar refractivity (Wildman–Crippen MR) is 80.9 cm³/mol. The molecule has 1 fully saturated rings. The molecule has 2 N–H and O–H groups in total. The molecule has 1 aliphatic rings. The van der Waals surface area contributed by atoms with Gasteiger partial charge in [-0.2, -0.15) is 0 Å². The summed E-state index contributed by atoms with van der Waals surface area (Å²) in [5.74, 6) is -0.202. The minimum absolute atomic E-state index is 0.202. The first-order chi connectivity index (χ1) is 8.95. The molecule has 5 heteroatoms. The first-order valence-electron chi connectivity index (χ1n) is 6.59. The molecule has 19 heavy (non-hydrogen) atoms. The third kappa shape index (κ3) is 2.78. The van der Waals surface area contributed by atoms with Gasteiger partial charge in [-0.1, -0.05) is 6.07 Å². The molecule has 2 atom stereocenters. The van der Waals surface area contributed by atoms with Crippen molar-refractivity contribution >= 4 is 21.6 Å². The quantitative estimate of drug-likeness (QED) is 0.905. The molecule has 0 saturated carbocycles. The van der Waals surface area contributed by atoms with Gasteiger partial charge in [0.25, 0.3) is 0 Å². The third-order valence-electron chi connectivity index (χ3n) is 4.06. The van der Waals surface area contributed by atoms with Crippen molar-refractivity contribution in [1.29, 1.82) is 0 Å². The number of piperazine rings is 1. The molecule has 3 nitrogen and oxygen atoms in total. The van der Waals surface area contributed by atoms with Crippen LogP contribution in [0.4, 0.5) is 10.1 Å². The van der Waals surface area contributed by atoms with Gasteiger partial charge in [-0.05, 0) is 48.5 Å². The van der Waals surface area contributed by atoms with E-state index in [-0.39, 0.29) is 5.82 Å². The van der Waals surface area contributed by atoms with Crippen LogP contribution < -0.4 is 10.6 Å². The first kappa shape index (κ1) is 14.8. The molecule has 2 rings (SSSR count). The minimum Gasteiger partial charge on any atom is -0.366 e. The topological polar surface area (TPSA) is 32.5 Å². The van der Waals surface area contributed by atoms with Crippen LogP contribution >= 0.6 is 15.9 Å². The molecule has 0 amide bonds. The van der Waals surface area contributed by atoms with E-state index < -0.39 is 0 Å². The van der Waals surface area contributed by atoms with Crippen molar-refractivity contribution in [2.75, 3.05) is 25.0 Å². The third-order valence-corrected chi connectivity index (χ3v) is 4.92. The van der Waals surface area contributed by atoms with Gasteiger partial charge in [0.05, 0.1) is 10.2 Å². The van der Waals surface area contributed by atoms with Gasteiger partial charge in [0, 0.05) is 31.7 Å². The molecule has 0 bridgehead atoms. The summed E-state index contributed by atoms with van der Waals surface area (Å²) in [6, 6.07) is 4.57. The van der Waals surface area contributed by atoms with E-state index in [1.165, 1.54) is 0 Å².